The van der Waals surface area contributed by atoms with Crippen molar-refractivity contribution in [2.45, 2.75) is 44.2 Å². The van der Waals surface area contributed by atoms with Crippen molar-refractivity contribution in [1.82, 2.24) is 15.5 Å². The fourth-order valence-electron chi connectivity index (χ4n) is 3.36. The van der Waals surface area contributed by atoms with Gasteiger partial charge in [-0.3, -0.25) is 9.89 Å². The summed E-state index contributed by atoms with van der Waals surface area (Å²) in [6.07, 6.45) is 6.62. The first-order valence-corrected chi connectivity index (χ1v) is 9.23. The summed E-state index contributed by atoms with van der Waals surface area (Å²) in [5.41, 5.74) is 0. The average molecular weight is 324 g/mol. The van der Waals surface area contributed by atoms with Gasteiger partial charge < -0.3 is 20.1 Å². The molecule has 3 fully saturated rings. The quantitative estimate of drug-likeness (QED) is 0.393. The van der Waals surface area contributed by atoms with Crippen LogP contribution >= 0.6 is 0 Å². The fourth-order valence-corrected chi connectivity index (χ4v) is 3.36. The molecule has 1 saturated carbocycles. The Hall–Kier alpha value is -0.850. The van der Waals surface area contributed by atoms with Crippen molar-refractivity contribution in [3.05, 3.63) is 0 Å². The van der Waals surface area contributed by atoms with Crippen LogP contribution < -0.4 is 10.6 Å². The molecule has 6 nitrogen and oxygen atoms in total. The third kappa shape index (κ3) is 5.62. The molecule has 0 radical (unpaired) electrons. The number of hydrogen-bond acceptors (Lipinski definition) is 4. The van der Waals surface area contributed by atoms with Gasteiger partial charge in [0.05, 0.1) is 12.7 Å². The Morgan fingerprint density at radius 1 is 1.30 bits per heavy atom. The summed E-state index contributed by atoms with van der Waals surface area (Å²) in [6, 6.07) is 0.666. The lowest BCUT2D eigenvalue weighted by Gasteiger charge is -2.35. The summed E-state index contributed by atoms with van der Waals surface area (Å²) in [5.74, 6) is 1.71. The number of fused-ring (bicyclic) bond motifs is 1. The van der Waals surface area contributed by atoms with E-state index < -0.39 is 0 Å². The Morgan fingerprint density at radius 3 is 3.04 bits per heavy atom. The first-order valence-electron chi connectivity index (χ1n) is 9.23. The zero-order valence-electron chi connectivity index (χ0n) is 14.4. The van der Waals surface area contributed by atoms with E-state index in [9.17, 15) is 0 Å². The van der Waals surface area contributed by atoms with E-state index in [0.29, 0.717) is 6.04 Å². The highest BCUT2D eigenvalue weighted by Crippen LogP contribution is 2.28. The standard InChI is InChI=1S/C17H32N4O2/c1-18-17(19-7-3-9-22-12-14-5-6-14)20-10-16-11-21-8-2-4-15(21)13-23-16/h14-16H,2-13H2,1H3,(H2,18,19,20). The zero-order chi connectivity index (χ0) is 15.9. The molecular formula is C17H32N4O2. The van der Waals surface area contributed by atoms with E-state index in [2.05, 4.69) is 20.5 Å². The van der Waals surface area contributed by atoms with Gasteiger partial charge in [-0.15, -0.1) is 0 Å². The Bertz CT molecular complexity index is 387. The van der Waals surface area contributed by atoms with Crippen LogP contribution in [0.3, 0.4) is 0 Å². The molecule has 2 atom stereocenters. The van der Waals surface area contributed by atoms with Gasteiger partial charge in [0.25, 0.3) is 0 Å². The van der Waals surface area contributed by atoms with Gasteiger partial charge in [0.2, 0.25) is 0 Å². The predicted octanol–water partition coefficient (Wildman–Crippen LogP) is 0.831. The molecule has 2 heterocycles. The van der Waals surface area contributed by atoms with E-state index in [1.807, 2.05) is 7.05 Å². The second-order valence-electron chi connectivity index (χ2n) is 7.00. The summed E-state index contributed by atoms with van der Waals surface area (Å²) in [7, 11) is 1.82. The maximum absolute atomic E-state index is 5.97. The van der Waals surface area contributed by atoms with Crippen LogP contribution in [0.2, 0.25) is 0 Å². The molecule has 3 rings (SSSR count). The minimum absolute atomic E-state index is 0.268. The first kappa shape index (κ1) is 17.0. The summed E-state index contributed by atoms with van der Waals surface area (Å²) in [6.45, 7) is 6.66. The van der Waals surface area contributed by atoms with Gasteiger partial charge >= 0.3 is 0 Å². The van der Waals surface area contributed by atoms with Crippen molar-refractivity contribution in [2.24, 2.45) is 10.9 Å². The van der Waals surface area contributed by atoms with Crippen LogP contribution in [0, 0.1) is 5.92 Å². The Morgan fingerprint density at radius 2 is 2.22 bits per heavy atom. The van der Waals surface area contributed by atoms with Crippen LogP contribution in [0.5, 0.6) is 0 Å². The molecule has 3 aliphatic rings. The van der Waals surface area contributed by atoms with Crippen LogP contribution in [0.15, 0.2) is 4.99 Å². The second kappa shape index (κ2) is 8.85. The summed E-state index contributed by atoms with van der Waals surface area (Å²) >= 11 is 0. The van der Waals surface area contributed by atoms with Gasteiger partial charge in [0, 0.05) is 45.9 Å². The molecule has 0 bridgehead atoms. The monoisotopic (exact) mass is 324 g/mol. The van der Waals surface area contributed by atoms with Crippen LogP contribution in [-0.2, 0) is 9.47 Å². The molecule has 2 aliphatic heterocycles. The van der Waals surface area contributed by atoms with Crippen molar-refractivity contribution in [1.29, 1.82) is 0 Å². The van der Waals surface area contributed by atoms with Crippen LogP contribution in [0.4, 0.5) is 0 Å². The lowest BCUT2D eigenvalue weighted by Crippen LogP contribution is -2.51. The van der Waals surface area contributed by atoms with E-state index in [-0.39, 0.29) is 6.10 Å². The molecule has 0 amide bonds. The molecule has 6 heteroatoms. The van der Waals surface area contributed by atoms with Gasteiger partial charge in [0.1, 0.15) is 0 Å². The number of morpholine rings is 1. The van der Waals surface area contributed by atoms with Crippen LogP contribution in [0.25, 0.3) is 0 Å². The number of ether oxygens (including phenoxy) is 2. The molecule has 0 aromatic rings. The summed E-state index contributed by atoms with van der Waals surface area (Å²) < 4.78 is 11.6. The fraction of sp³-hybridized carbons (Fsp3) is 0.941. The smallest absolute Gasteiger partial charge is 0.191 e. The van der Waals surface area contributed by atoms with Crippen molar-refractivity contribution in [3.63, 3.8) is 0 Å². The van der Waals surface area contributed by atoms with E-state index >= 15 is 0 Å². The number of nitrogens with zero attached hydrogens (tertiary/aromatic N) is 2. The van der Waals surface area contributed by atoms with E-state index in [0.717, 1.165) is 57.8 Å². The van der Waals surface area contributed by atoms with Crippen molar-refractivity contribution in [3.8, 4) is 0 Å². The Balaban J connectivity index is 1.24. The van der Waals surface area contributed by atoms with E-state index in [4.69, 9.17) is 9.47 Å². The van der Waals surface area contributed by atoms with Crippen LogP contribution in [0.1, 0.15) is 32.1 Å². The third-order valence-electron chi connectivity index (χ3n) is 4.99. The third-order valence-corrected chi connectivity index (χ3v) is 4.99. The first-order chi connectivity index (χ1) is 11.3. The van der Waals surface area contributed by atoms with Gasteiger partial charge in [0.15, 0.2) is 5.96 Å². The van der Waals surface area contributed by atoms with E-state index in [1.54, 1.807) is 0 Å². The highest BCUT2D eigenvalue weighted by Gasteiger charge is 2.32. The van der Waals surface area contributed by atoms with Crippen molar-refractivity contribution < 1.29 is 9.47 Å². The zero-order valence-corrected chi connectivity index (χ0v) is 14.4. The number of nitrogens with one attached hydrogen (secondary N) is 2. The molecular weight excluding hydrogens is 292 g/mol. The van der Waals surface area contributed by atoms with Gasteiger partial charge in [-0.2, -0.15) is 0 Å². The van der Waals surface area contributed by atoms with Crippen molar-refractivity contribution in [2.75, 3.05) is 53.0 Å². The highest BCUT2D eigenvalue weighted by molar-refractivity contribution is 5.79. The summed E-state index contributed by atoms with van der Waals surface area (Å²) in [4.78, 5) is 6.85. The Labute approximate surface area is 140 Å². The van der Waals surface area contributed by atoms with Crippen LogP contribution in [-0.4, -0.2) is 76.1 Å². The molecule has 2 saturated heterocycles. The molecule has 0 spiro atoms. The SMILES string of the molecule is CN=C(NCCCOCC1CC1)NCC1CN2CCCC2CO1. The average Bonchev–Trinajstić information content (AvgIpc) is 3.28. The topological polar surface area (TPSA) is 58.1 Å². The lowest BCUT2D eigenvalue weighted by molar-refractivity contribution is -0.0453. The maximum Gasteiger partial charge on any atom is 0.191 e. The van der Waals surface area contributed by atoms with Crippen molar-refractivity contribution >= 4 is 5.96 Å². The molecule has 1 aliphatic carbocycles. The molecule has 0 aromatic carbocycles. The highest BCUT2D eigenvalue weighted by atomic mass is 16.5. The number of rotatable bonds is 8. The number of guanidine groups is 1. The minimum atomic E-state index is 0.268. The van der Waals surface area contributed by atoms with Gasteiger partial charge in [-0.25, -0.2) is 0 Å². The predicted molar refractivity (Wildman–Crippen MR) is 91.9 cm³/mol. The van der Waals surface area contributed by atoms with E-state index in [1.165, 1.54) is 32.2 Å². The normalized spacial score (nSPS) is 28.7. The molecule has 2 N–H and O–H groups in total. The molecule has 2 unspecified atom stereocenters. The maximum atomic E-state index is 5.97. The largest absolute Gasteiger partial charge is 0.381 e. The summed E-state index contributed by atoms with van der Waals surface area (Å²) in [5, 5.41) is 6.73. The molecule has 23 heavy (non-hydrogen) atoms. The molecule has 132 valence electrons. The minimum Gasteiger partial charge on any atom is -0.381 e. The lowest BCUT2D eigenvalue weighted by atomic mass is 10.2. The second-order valence-corrected chi connectivity index (χ2v) is 7.00. The van der Waals surface area contributed by atoms with Gasteiger partial charge in [-0.1, -0.05) is 0 Å². The number of aliphatic imine (C=N–C) groups is 1. The van der Waals surface area contributed by atoms with Gasteiger partial charge in [-0.05, 0) is 44.6 Å². The molecule has 0 aromatic heterocycles. The number of hydrogen-bond donors (Lipinski definition) is 2. The Kier molecular flexibility index (Phi) is 6.54.